The van der Waals surface area contributed by atoms with Crippen molar-refractivity contribution in [1.82, 2.24) is 30.7 Å². The largest absolute Gasteiger partial charge is 0.497 e. The molecule has 1 aliphatic rings. The topological polar surface area (TPSA) is 90.5 Å². The molecule has 0 spiro atoms. The summed E-state index contributed by atoms with van der Waals surface area (Å²) >= 11 is 0. The van der Waals surface area contributed by atoms with E-state index in [2.05, 4.69) is 42.6 Å². The predicted octanol–water partition coefficient (Wildman–Crippen LogP) is 2.41. The summed E-state index contributed by atoms with van der Waals surface area (Å²) < 4.78 is 5.19. The number of aromatic nitrogens is 3. The second-order valence-electron chi connectivity index (χ2n) is 7.28. The van der Waals surface area contributed by atoms with Gasteiger partial charge in [0.15, 0.2) is 11.8 Å². The van der Waals surface area contributed by atoms with Crippen LogP contribution in [0.2, 0.25) is 0 Å². The summed E-state index contributed by atoms with van der Waals surface area (Å²) in [4.78, 5) is 11.5. The van der Waals surface area contributed by atoms with Crippen molar-refractivity contribution < 1.29 is 4.74 Å². The van der Waals surface area contributed by atoms with E-state index in [1.807, 2.05) is 24.3 Å². The number of aliphatic imine (C=N–C) groups is 1. The SMILES string of the molecule is CCC1CCCCN1CCNC(=NC)NCc1nc(-c2ccc(OC)cc2)n[nH]1. The van der Waals surface area contributed by atoms with Crippen molar-refractivity contribution in [2.24, 2.45) is 4.99 Å². The average Bonchev–Trinajstić information content (AvgIpc) is 3.25. The summed E-state index contributed by atoms with van der Waals surface area (Å²) in [6.45, 7) is 5.95. The number of guanidine groups is 1. The summed E-state index contributed by atoms with van der Waals surface area (Å²) in [6, 6.07) is 8.43. The van der Waals surface area contributed by atoms with Crippen LogP contribution in [0.15, 0.2) is 29.3 Å². The number of piperidine rings is 1. The van der Waals surface area contributed by atoms with Crippen molar-refractivity contribution in [3.05, 3.63) is 30.1 Å². The van der Waals surface area contributed by atoms with E-state index in [1.54, 1.807) is 14.2 Å². The smallest absolute Gasteiger partial charge is 0.191 e. The maximum absolute atomic E-state index is 5.19. The number of methoxy groups -OCH3 is 1. The number of benzene rings is 1. The van der Waals surface area contributed by atoms with Gasteiger partial charge >= 0.3 is 0 Å². The number of nitrogens with one attached hydrogen (secondary N) is 3. The zero-order valence-corrected chi connectivity index (χ0v) is 17.7. The number of likely N-dealkylation sites (tertiary alicyclic amines) is 1. The highest BCUT2D eigenvalue weighted by Gasteiger charge is 2.20. The third-order valence-electron chi connectivity index (χ3n) is 5.44. The summed E-state index contributed by atoms with van der Waals surface area (Å²) in [5, 5.41) is 14.0. The van der Waals surface area contributed by atoms with Gasteiger partial charge in [0.2, 0.25) is 0 Å². The first-order valence-corrected chi connectivity index (χ1v) is 10.5. The lowest BCUT2D eigenvalue weighted by Crippen LogP contribution is -2.45. The molecule has 1 atom stereocenters. The fraction of sp³-hybridized carbons (Fsp3) is 0.571. The van der Waals surface area contributed by atoms with Crippen LogP contribution in [0.4, 0.5) is 0 Å². The van der Waals surface area contributed by atoms with E-state index in [1.165, 1.54) is 32.2 Å². The predicted molar refractivity (Wildman–Crippen MR) is 116 cm³/mol. The average molecular weight is 400 g/mol. The van der Waals surface area contributed by atoms with Crippen molar-refractivity contribution in [1.29, 1.82) is 0 Å². The molecule has 1 fully saturated rings. The zero-order valence-electron chi connectivity index (χ0n) is 17.7. The van der Waals surface area contributed by atoms with Gasteiger partial charge in [-0.15, -0.1) is 0 Å². The Morgan fingerprint density at radius 2 is 2.10 bits per heavy atom. The first-order chi connectivity index (χ1) is 14.2. The molecule has 1 unspecified atom stereocenters. The Bertz CT molecular complexity index is 772. The Morgan fingerprint density at radius 3 is 2.83 bits per heavy atom. The Kier molecular flexibility index (Phi) is 7.86. The van der Waals surface area contributed by atoms with Gasteiger partial charge < -0.3 is 15.4 Å². The van der Waals surface area contributed by atoms with Crippen LogP contribution in [0.3, 0.4) is 0 Å². The molecule has 3 N–H and O–H groups in total. The Hall–Kier alpha value is -2.61. The third kappa shape index (κ3) is 5.93. The number of H-pyrrole nitrogens is 1. The number of hydrogen-bond acceptors (Lipinski definition) is 5. The maximum Gasteiger partial charge on any atom is 0.191 e. The molecule has 1 saturated heterocycles. The molecule has 8 nitrogen and oxygen atoms in total. The van der Waals surface area contributed by atoms with E-state index in [-0.39, 0.29) is 0 Å². The second-order valence-corrected chi connectivity index (χ2v) is 7.28. The highest BCUT2D eigenvalue weighted by molar-refractivity contribution is 5.79. The molecule has 2 aromatic rings. The molecule has 0 saturated carbocycles. The molecule has 29 heavy (non-hydrogen) atoms. The van der Waals surface area contributed by atoms with Crippen molar-refractivity contribution in [2.75, 3.05) is 33.8 Å². The molecule has 0 radical (unpaired) electrons. The molecule has 158 valence electrons. The lowest BCUT2D eigenvalue weighted by molar-refractivity contribution is 0.147. The number of aromatic amines is 1. The lowest BCUT2D eigenvalue weighted by Gasteiger charge is -2.35. The third-order valence-corrected chi connectivity index (χ3v) is 5.44. The van der Waals surface area contributed by atoms with E-state index in [9.17, 15) is 0 Å². The Balaban J connectivity index is 1.45. The molecular weight excluding hydrogens is 366 g/mol. The second kappa shape index (κ2) is 10.8. The molecule has 8 heteroatoms. The van der Waals surface area contributed by atoms with E-state index in [0.717, 1.165) is 42.2 Å². The Labute approximate surface area is 173 Å². The van der Waals surface area contributed by atoms with Crippen LogP contribution in [0.25, 0.3) is 11.4 Å². The van der Waals surface area contributed by atoms with E-state index >= 15 is 0 Å². The van der Waals surface area contributed by atoms with Crippen LogP contribution in [0.1, 0.15) is 38.4 Å². The van der Waals surface area contributed by atoms with E-state index < -0.39 is 0 Å². The van der Waals surface area contributed by atoms with Crippen LogP contribution in [0, 0.1) is 0 Å². The molecule has 1 aliphatic heterocycles. The summed E-state index contributed by atoms with van der Waals surface area (Å²) in [6.07, 6.45) is 5.23. The standard InChI is InChI=1S/C21H33N7O/c1-4-17-7-5-6-13-28(17)14-12-23-21(22-2)24-15-19-25-20(27-26-19)16-8-10-18(29-3)11-9-16/h8-11,17H,4-7,12-15H2,1-3H3,(H2,22,23,24)(H,25,26,27). The first-order valence-electron chi connectivity index (χ1n) is 10.5. The molecular formula is C21H33N7O. The van der Waals surface area contributed by atoms with Gasteiger partial charge in [-0.25, -0.2) is 4.98 Å². The van der Waals surface area contributed by atoms with Crippen LogP contribution in [-0.2, 0) is 6.54 Å². The fourth-order valence-electron chi connectivity index (χ4n) is 3.77. The van der Waals surface area contributed by atoms with E-state index in [4.69, 9.17) is 4.74 Å². The van der Waals surface area contributed by atoms with Gasteiger partial charge in [-0.3, -0.25) is 15.0 Å². The molecule has 1 aromatic carbocycles. The minimum Gasteiger partial charge on any atom is -0.497 e. The summed E-state index contributed by atoms with van der Waals surface area (Å²) in [5.41, 5.74) is 0.947. The van der Waals surface area contributed by atoms with Gasteiger partial charge in [0, 0.05) is 31.7 Å². The molecule has 0 bridgehead atoms. The highest BCUT2D eigenvalue weighted by Crippen LogP contribution is 2.19. The molecule has 0 aliphatic carbocycles. The number of hydrogen-bond donors (Lipinski definition) is 3. The summed E-state index contributed by atoms with van der Waals surface area (Å²) in [5.74, 6) is 3.03. The van der Waals surface area contributed by atoms with Crippen LogP contribution in [-0.4, -0.2) is 65.9 Å². The Morgan fingerprint density at radius 1 is 1.28 bits per heavy atom. The fourth-order valence-corrected chi connectivity index (χ4v) is 3.77. The number of ether oxygens (including phenoxy) is 1. The van der Waals surface area contributed by atoms with Crippen LogP contribution < -0.4 is 15.4 Å². The zero-order chi connectivity index (χ0) is 20.5. The van der Waals surface area contributed by atoms with Crippen molar-refractivity contribution in [2.45, 2.75) is 45.2 Å². The van der Waals surface area contributed by atoms with Gasteiger partial charge in [0.25, 0.3) is 0 Å². The van der Waals surface area contributed by atoms with Crippen molar-refractivity contribution in [3.8, 4) is 17.1 Å². The lowest BCUT2D eigenvalue weighted by atomic mass is 10.0. The molecule has 3 rings (SSSR count). The maximum atomic E-state index is 5.19. The van der Waals surface area contributed by atoms with Crippen LogP contribution in [0.5, 0.6) is 5.75 Å². The number of nitrogens with zero attached hydrogens (tertiary/aromatic N) is 4. The van der Waals surface area contributed by atoms with E-state index in [0.29, 0.717) is 12.4 Å². The molecule has 0 amide bonds. The quantitative estimate of drug-likeness (QED) is 0.466. The monoisotopic (exact) mass is 399 g/mol. The van der Waals surface area contributed by atoms with Gasteiger partial charge in [0.05, 0.1) is 13.7 Å². The minimum atomic E-state index is 0.532. The normalized spacial score (nSPS) is 17.9. The minimum absolute atomic E-state index is 0.532. The van der Waals surface area contributed by atoms with Crippen molar-refractivity contribution in [3.63, 3.8) is 0 Å². The highest BCUT2D eigenvalue weighted by atomic mass is 16.5. The van der Waals surface area contributed by atoms with Gasteiger partial charge in [-0.1, -0.05) is 13.3 Å². The van der Waals surface area contributed by atoms with Gasteiger partial charge in [0.1, 0.15) is 11.6 Å². The van der Waals surface area contributed by atoms with Crippen LogP contribution >= 0.6 is 0 Å². The van der Waals surface area contributed by atoms with Crippen molar-refractivity contribution >= 4 is 5.96 Å². The first kappa shape index (κ1) is 21.1. The number of rotatable bonds is 8. The molecule has 1 aromatic heterocycles. The van der Waals surface area contributed by atoms with Gasteiger partial charge in [-0.2, -0.15) is 5.10 Å². The molecule has 2 heterocycles. The van der Waals surface area contributed by atoms with Gasteiger partial charge in [-0.05, 0) is 50.1 Å². The summed E-state index contributed by atoms with van der Waals surface area (Å²) in [7, 11) is 3.44.